The molecule has 0 aromatic carbocycles. The van der Waals surface area contributed by atoms with E-state index in [1.807, 2.05) is 4.98 Å². The number of H-pyrrole nitrogens is 1. The highest BCUT2D eigenvalue weighted by molar-refractivity contribution is 7.96. The minimum Gasteiger partial charge on any atom is -0.392 e. The quantitative estimate of drug-likeness (QED) is 0.485. The maximum Gasteiger partial charge on any atom is 0.330 e. The summed E-state index contributed by atoms with van der Waals surface area (Å²) in [5, 5.41) is 20.3. The molecule has 2 heterocycles. The van der Waals surface area contributed by atoms with Crippen LogP contribution in [0.3, 0.4) is 0 Å². The summed E-state index contributed by atoms with van der Waals surface area (Å²) in [5.74, 6) is 0. The second kappa shape index (κ2) is 5.74. The van der Waals surface area contributed by atoms with Gasteiger partial charge in [0.05, 0.1) is 6.61 Å². The molecule has 1 aromatic heterocycles. The summed E-state index contributed by atoms with van der Waals surface area (Å²) in [6, 6.07) is 0. The molecule has 3 N–H and O–H groups in total. The fourth-order valence-electron chi connectivity index (χ4n) is 2.79. The monoisotopic (exact) mass is 398 g/mol. The van der Waals surface area contributed by atoms with Crippen LogP contribution in [-0.4, -0.2) is 65.6 Å². The lowest BCUT2D eigenvalue weighted by atomic mass is 10.1. The Morgan fingerprint density at radius 1 is 1.28 bits per heavy atom. The normalized spacial score (nSPS) is 30.5. The highest BCUT2D eigenvalue weighted by Crippen LogP contribution is 2.49. The van der Waals surface area contributed by atoms with E-state index in [4.69, 9.17) is 4.74 Å². The Labute approximate surface area is 142 Å². The number of ether oxygens (including phenoxy) is 1. The number of hydrogen-bond acceptors (Lipinski definition) is 9. The van der Waals surface area contributed by atoms with Gasteiger partial charge in [-0.25, -0.2) is 21.6 Å². The first kappa shape index (κ1) is 19.8. The second-order valence-electron chi connectivity index (χ2n) is 6.00. The molecule has 0 spiro atoms. The van der Waals surface area contributed by atoms with Gasteiger partial charge in [0.15, 0.2) is 19.7 Å². The number of nitrogens with zero attached hydrogens (tertiary/aromatic N) is 1. The fraction of sp³-hybridized carbons (Fsp3) is 0.667. The molecular formula is C12H18N2O9S2. The molecule has 0 saturated carbocycles. The van der Waals surface area contributed by atoms with Gasteiger partial charge in [-0.3, -0.25) is 14.3 Å². The van der Waals surface area contributed by atoms with Crippen molar-refractivity contribution in [3.05, 3.63) is 32.6 Å². The van der Waals surface area contributed by atoms with Crippen LogP contribution in [0.5, 0.6) is 0 Å². The van der Waals surface area contributed by atoms with Crippen molar-refractivity contribution in [2.45, 2.75) is 29.4 Å². The van der Waals surface area contributed by atoms with Crippen LogP contribution >= 0.6 is 0 Å². The van der Waals surface area contributed by atoms with Crippen molar-refractivity contribution >= 4 is 19.7 Å². The molecular weight excluding hydrogens is 380 g/mol. The number of sulfone groups is 2. The van der Waals surface area contributed by atoms with Crippen molar-refractivity contribution in [1.82, 2.24) is 9.55 Å². The van der Waals surface area contributed by atoms with Crippen molar-refractivity contribution in [3.8, 4) is 0 Å². The van der Waals surface area contributed by atoms with Gasteiger partial charge >= 0.3 is 5.69 Å². The van der Waals surface area contributed by atoms with E-state index in [9.17, 15) is 36.6 Å². The molecule has 142 valence electrons. The molecule has 3 atom stereocenters. The molecule has 2 rings (SSSR count). The summed E-state index contributed by atoms with van der Waals surface area (Å²) >= 11 is 0. The Kier molecular flexibility index (Phi) is 4.54. The Balaban J connectivity index is 2.76. The molecule has 0 radical (unpaired) electrons. The molecule has 0 unspecified atom stereocenters. The van der Waals surface area contributed by atoms with E-state index >= 15 is 0 Å². The molecule has 0 bridgehead atoms. The topological polar surface area (TPSA) is 173 Å². The maximum atomic E-state index is 12.2. The van der Waals surface area contributed by atoms with E-state index < -0.39 is 60.0 Å². The first-order chi connectivity index (χ1) is 11.2. The Morgan fingerprint density at radius 3 is 2.24 bits per heavy atom. The number of aliphatic hydroxyl groups excluding tert-OH is 1. The Hall–Kier alpha value is -1.54. The SMILES string of the molecule is Cc1cn([C@H]2C[C@@](O)(S(C)(=O)=O)[C@](CO)(S(C)(=O)=O)O2)c(=O)[nH]c1=O. The minimum atomic E-state index is -4.47. The number of aromatic amines is 1. The molecule has 1 aromatic rings. The van der Waals surface area contributed by atoms with E-state index in [-0.39, 0.29) is 5.56 Å². The zero-order valence-electron chi connectivity index (χ0n) is 13.6. The number of aromatic nitrogens is 2. The van der Waals surface area contributed by atoms with Gasteiger partial charge in [-0.05, 0) is 6.92 Å². The number of hydrogen-bond donors (Lipinski definition) is 3. The van der Waals surface area contributed by atoms with Crippen LogP contribution in [0.4, 0.5) is 0 Å². The zero-order valence-corrected chi connectivity index (χ0v) is 15.2. The van der Waals surface area contributed by atoms with Crippen LogP contribution in [0.2, 0.25) is 0 Å². The third-order valence-electron chi connectivity index (χ3n) is 4.25. The molecule has 13 heteroatoms. The van der Waals surface area contributed by atoms with Gasteiger partial charge in [0, 0.05) is 30.7 Å². The zero-order chi connectivity index (χ0) is 19.4. The predicted octanol–water partition coefficient (Wildman–Crippen LogP) is -2.77. The molecule has 1 fully saturated rings. The maximum absolute atomic E-state index is 12.2. The Bertz CT molecular complexity index is 1020. The van der Waals surface area contributed by atoms with Crippen molar-refractivity contribution < 1.29 is 31.8 Å². The van der Waals surface area contributed by atoms with Crippen LogP contribution in [0, 0.1) is 6.92 Å². The standard InChI is InChI=1S/C12H18N2O9S2/c1-7-5-14(10(17)13-9(7)16)8-4-11(18,24(2,19)20)12(6-15,23-8)25(3,21)22/h5,8,15,18H,4,6H2,1-3H3,(H,13,16,17)/t8-,11-,12+/m1/s1. The van der Waals surface area contributed by atoms with Crippen molar-refractivity contribution in [2.75, 3.05) is 19.1 Å². The number of rotatable bonds is 4. The van der Waals surface area contributed by atoms with Gasteiger partial charge < -0.3 is 14.9 Å². The molecule has 1 aliphatic rings. The van der Waals surface area contributed by atoms with Gasteiger partial charge in [-0.1, -0.05) is 0 Å². The molecule has 11 nitrogen and oxygen atoms in total. The number of aryl methyl sites for hydroxylation is 1. The highest BCUT2D eigenvalue weighted by Gasteiger charge is 2.70. The van der Waals surface area contributed by atoms with Gasteiger partial charge in [0.1, 0.15) is 6.23 Å². The summed E-state index contributed by atoms with van der Waals surface area (Å²) in [4.78, 5) is 19.5. The number of nitrogens with one attached hydrogen (secondary N) is 1. The summed E-state index contributed by atoms with van der Waals surface area (Å²) in [7, 11) is -8.94. The molecule has 0 amide bonds. The number of aliphatic hydroxyl groups is 2. The van der Waals surface area contributed by atoms with E-state index in [1.165, 1.54) is 6.92 Å². The second-order valence-corrected chi connectivity index (χ2v) is 10.4. The van der Waals surface area contributed by atoms with Gasteiger partial charge in [0.25, 0.3) is 5.56 Å². The lowest BCUT2D eigenvalue weighted by molar-refractivity contribution is -0.0853. The van der Waals surface area contributed by atoms with Crippen LogP contribution in [0.25, 0.3) is 0 Å². The molecule has 1 aliphatic heterocycles. The lowest BCUT2D eigenvalue weighted by Gasteiger charge is -2.35. The summed E-state index contributed by atoms with van der Waals surface area (Å²) in [6.07, 6.45) is -0.155. The molecule has 25 heavy (non-hydrogen) atoms. The van der Waals surface area contributed by atoms with Gasteiger partial charge in [0.2, 0.25) is 9.87 Å². The Morgan fingerprint density at radius 2 is 1.84 bits per heavy atom. The molecule has 0 aliphatic carbocycles. The van der Waals surface area contributed by atoms with E-state index in [2.05, 4.69) is 0 Å². The third kappa shape index (κ3) is 2.75. The average Bonchev–Trinajstić information content (AvgIpc) is 2.77. The predicted molar refractivity (Wildman–Crippen MR) is 85.3 cm³/mol. The van der Waals surface area contributed by atoms with E-state index in [1.54, 1.807) is 0 Å². The molecule has 1 saturated heterocycles. The highest BCUT2D eigenvalue weighted by atomic mass is 32.2. The van der Waals surface area contributed by atoms with Crippen LogP contribution in [0.15, 0.2) is 15.8 Å². The summed E-state index contributed by atoms with van der Waals surface area (Å²) in [6.45, 7) is 0.00529. The van der Waals surface area contributed by atoms with Crippen LogP contribution in [0.1, 0.15) is 18.2 Å². The van der Waals surface area contributed by atoms with E-state index in [0.29, 0.717) is 12.5 Å². The largest absolute Gasteiger partial charge is 0.392 e. The van der Waals surface area contributed by atoms with Crippen LogP contribution in [-0.2, 0) is 24.4 Å². The average molecular weight is 398 g/mol. The van der Waals surface area contributed by atoms with E-state index in [0.717, 1.165) is 10.8 Å². The summed E-state index contributed by atoms with van der Waals surface area (Å²) in [5.41, 5.74) is -1.60. The summed E-state index contributed by atoms with van der Waals surface area (Å²) < 4.78 is 54.6. The van der Waals surface area contributed by atoms with Gasteiger partial charge in [-0.2, -0.15) is 0 Å². The van der Waals surface area contributed by atoms with Crippen molar-refractivity contribution in [1.29, 1.82) is 0 Å². The van der Waals surface area contributed by atoms with Gasteiger partial charge in [-0.15, -0.1) is 0 Å². The van der Waals surface area contributed by atoms with Crippen LogP contribution < -0.4 is 11.2 Å². The smallest absolute Gasteiger partial charge is 0.330 e. The minimum absolute atomic E-state index is 0.0759. The van der Waals surface area contributed by atoms with Crippen molar-refractivity contribution in [3.63, 3.8) is 0 Å². The first-order valence-corrected chi connectivity index (χ1v) is 10.7. The lowest BCUT2D eigenvalue weighted by Crippen LogP contribution is -2.62. The first-order valence-electron chi connectivity index (χ1n) is 6.92. The van der Waals surface area contributed by atoms with Crippen molar-refractivity contribution in [2.24, 2.45) is 0 Å². The third-order valence-corrected chi connectivity index (χ3v) is 7.86. The fourth-order valence-corrected chi connectivity index (χ4v) is 6.00.